The van der Waals surface area contributed by atoms with Gasteiger partial charge in [0.25, 0.3) is 17.7 Å². The highest BCUT2D eigenvalue weighted by Gasteiger charge is 2.45. The number of hydrogen-bond acceptors (Lipinski definition) is 10. The van der Waals surface area contributed by atoms with Crippen LogP contribution in [0.2, 0.25) is 5.02 Å². The van der Waals surface area contributed by atoms with Gasteiger partial charge < -0.3 is 19.9 Å². The summed E-state index contributed by atoms with van der Waals surface area (Å²) < 4.78 is 6.08. The van der Waals surface area contributed by atoms with E-state index in [1.54, 1.807) is 18.2 Å². The molecule has 3 aromatic carbocycles. The molecule has 8 rings (SSSR count). The Bertz CT molecular complexity index is 2140. The third kappa shape index (κ3) is 7.93. The van der Waals surface area contributed by atoms with Gasteiger partial charge in [-0.2, -0.15) is 5.26 Å². The summed E-state index contributed by atoms with van der Waals surface area (Å²) >= 11 is 6.27. The Labute approximate surface area is 336 Å². The summed E-state index contributed by atoms with van der Waals surface area (Å²) in [6, 6.07) is 18.4. The van der Waals surface area contributed by atoms with Gasteiger partial charge in [0.1, 0.15) is 24.5 Å². The SMILES string of the molecule is CN(c1ccc(C#N)c(Cl)c1)C1CCC(NC(=O)c2ccc(N3CCC(CN4CCOc5cc6c(cc5C4)C(=O)N(C4CCC(=O)NC4=O)C6=O)CC3)cc2)CC1. The number of anilines is 2. The molecule has 296 valence electrons. The van der Waals surface area contributed by atoms with E-state index in [1.807, 2.05) is 36.4 Å². The number of carbonyl (C=O) groups is 5. The molecule has 2 saturated heterocycles. The molecular formula is C43H46ClN7O6. The van der Waals surface area contributed by atoms with Crippen LogP contribution in [0.4, 0.5) is 11.4 Å². The van der Waals surface area contributed by atoms with Gasteiger partial charge in [-0.3, -0.25) is 39.1 Å². The van der Waals surface area contributed by atoms with Crippen LogP contribution in [0.3, 0.4) is 0 Å². The maximum Gasteiger partial charge on any atom is 0.262 e. The monoisotopic (exact) mass is 791 g/mol. The fraction of sp³-hybridized carbons (Fsp3) is 0.442. The van der Waals surface area contributed by atoms with Crippen LogP contribution in [0.15, 0.2) is 54.6 Å². The number of piperidine rings is 2. The molecule has 0 aromatic heterocycles. The Hall–Kier alpha value is -5.45. The van der Waals surface area contributed by atoms with Crippen LogP contribution in [0.25, 0.3) is 0 Å². The fourth-order valence-corrected chi connectivity index (χ4v) is 9.24. The number of rotatable bonds is 8. The number of amides is 5. The van der Waals surface area contributed by atoms with E-state index < -0.39 is 29.7 Å². The number of carbonyl (C=O) groups excluding carboxylic acids is 5. The summed E-state index contributed by atoms with van der Waals surface area (Å²) in [5, 5.41) is 15.1. The summed E-state index contributed by atoms with van der Waals surface area (Å²) in [7, 11) is 2.05. The maximum absolute atomic E-state index is 13.4. The number of hydrogen-bond donors (Lipinski definition) is 2. The Kier molecular flexibility index (Phi) is 10.9. The normalized spacial score (nSPS) is 22.9. The predicted octanol–water partition coefficient (Wildman–Crippen LogP) is 4.90. The molecule has 13 nitrogen and oxygen atoms in total. The second-order valence-corrected chi connectivity index (χ2v) is 16.3. The van der Waals surface area contributed by atoms with Gasteiger partial charge >= 0.3 is 0 Å². The van der Waals surface area contributed by atoms with Crippen LogP contribution in [-0.4, -0.2) is 97.3 Å². The van der Waals surface area contributed by atoms with E-state index in [0.717, 1.165) is 86.5 Å². The van der Waals surface area contributed by atoms with Crippen molar-refractivity contribution < 1.29 is 28.7 Å². The van der Waals surface area contributed by atoms with Crippen LogP contribution in [0, 0.1) is 17.2 Å². The highest BCUT2D eigenvalue weighted by Crippen LogP contribution is 2.35. The van der Waals surface area contributed by atoms with Crippen molar-refractivity contribution in [2.45, 2.75) is 76.0 Å². The van der Waals surface area contributed by atoms with E-state index in [2.05, 4.69) is 38.5 Å². The minimum absolute atomic E-state index is 0.0495. The summed E-state index contributed by atoms with van der Waals surface area (Å²) in [5.41, 5.74) is 4.55. The molecule has 5 aliphatic rings. The number of ether oxygens (including phenoxy) is 1. The van der Waals surface area contributed by atoms with Crippen molar-refractivity contribution in [3.8, 4) is 11.8 Å². The average molecular weight is 792 g/mol. The third-order valence-electron chi connectivity index (χ3n) is 12.4. The largest absolute Gasteiger partial charge is 0.492 e. The summed E-state index contributed by atoms with van der Waals surface area (Å²) in [5.74, 6) is -1.07. The first-order valence-electron chi connectivity index (χ1n) is 19.9. The van der Waals surface area contributed by atoms with Crippen LogP contribution < -0.4 is 25.2 Å². The van der Waals surface area contributed by atoms with E-state index in [-0.39, 0.29) is 35.9 Å². The Morgan fingerprint density at radius 3 is 2.33 bits per heavy atom. The van der Waals surface area contributed by atoms with Crippen molar-refractivity contribution in [1.29, 1.82) is 5.26 Å². The molecule has 57 heavy (non-hydrogen) atoms. The fourth-order valence-electron chi connectivity index (χ4n) is 9.02. The minimum Gasteiger partial charge on any atom is -0.492 e. The predicted molar refractivity (Wildman–Crippen MR) is 213 cm³/mol. The van der Waals surface area contributed by atoms with E-state index in [1.165, 1.54) is 0 Å². The number of fused-ring (bicyclic) bond motifs is 2. The molecule has 3 aromatic rings. The maximum atomic E-state index is 13.4. The molecule has 1 unspecified atom stereocenters. The first-order chi connectivity index (χ1) is 27.6. The molecule has 4 heterocycles. The van der Waals surface area contributed by atoms with Crippen molar-refractivity contribution in [2.24, 2.45) is 5.92 Å². The van der Waals surface area contributed by atoms with Gasteiger partial charge in [0, 0.05) is 80.8 Å². The van der Waals surface area contributed by atoms with Gasteiger partial charge in [-0.25, -0.2) is 0 Å². The zero-order valence-electron chi connectivity index (χ0n) is 32.0. The highest BCUT2D eigenvalue weighted by molar-refractivity contribution is 6.32. The molecule has 4 aliphatic heterocycles. The van der Waals surface area contributed by atoms with E-state index >= 15 is 0 Å². The molecule has 14 heteroatoms. The second-order valence-electron chi connectivity index (χ2n) is 15.9. The number of halogens is 1. The van der Waals surface area contributed by atoms with Crippen LogP contribution in [0.5, 0.6) is 5.75 Å². The van der Waals surface area contributed by atoms with E-state index in [4.69, 9.17) is 16.3 Å². The number of nitriles is 1. The highest BCUT2D eigenvalue weighted by atomic mass is 35.5. The Morgan fingerprint density at radius 2 is 1.65 bits per heavy atom. The first-order valence-corrected chi connectivity index (χ1v) is 20.3. The molecule has 0 bridgehead atoms. The number of nitrogens with one attached hydrogen (secondary N) is 2. The molecule has 3 fully saturated rings. The zero-order chi connectivity index (χ0) is 39.8. The van der Waals surface area contributed by atoms with Crippen molar-refractivity contribution in [1.82, 2.24) is 20.4 Å². The van der Waals surface area contributed by atoms with Gasteiger partial charge in [0.05, 0.1) is 21.7 Å². The molecule has 1 atom stereocenters. The Morgan fingerprint density at radius 1 is 0.930 bits per heavy atom. The zero-order valence-corrected chi connectivity index (χ0v) is 32.7. The van der Waals surface area contributed by atoms with Crippen LogP contribution in [-0.2, 0) is 16.1 Å². The first kappa shape index (κ1) is 38.4. The standard InChI is InChI=1S/C43H46ClN7O6/c1-48(33-9-4-28(23-45)36(44)21-33)31-10-5-30(6-11-31)46-40(53)27-2-7-32(8-3-27)50-16-14-26(15-17-50)24-49-18-19-57-38-22-35-34(20-29(38)25-49)42(55)51(43(35)56)37-12-13-39(52)47-41(37)54/h2-4,7-9,20-22,26,30-31,37H,5-6,10-19,24-25H2,1H3,(H,46,53)(H,47,52,54). The minimum atomic E-state index is -1.01. The molecule has 1 aliphatic carbocycles. The summed E-state index contributed by atoms with van der Waals surface area (Å²) in [4.78, 5) is 72.0. The number of imide groups is 2. The third-order valence-corrected chi connectivity index (χ3v) is 12.7. The van der Waals surface area contributed by atoms with Gasteiger partial charge in [0.15, 0.2) is 0 Å². The number of nitrogens with zero attached hydrogens (tertiary/aromatic N) is 5. The van der Waals surface area contributed by atoms with Gasteiger partial charge in [-0.05, 0) is 105 Å². The van der Waals surface area contributed by atoms with E-state index in [9.17, 15) is 29.2 Å². The molecule has 0 spiro atoms. The van der Waals surface area contributed by atoms with Crippen molar-refractivity contribution in [3.05, 3.63) is 87.4 Å². The lowest BCUT2D eigenvalue weighted by atomic mass is 9.90. The summed E-state index contributed by atoms with van der Waals surface area (Å²) in [6.07, 6.45) is 5.90. The van der Waals surface area contributed by atoms with Crippen LogP contribution in [0.1, 0.15) is 93.6 Å². The quantitative estimate of drug-likeness (QED) is 0.301. The molecule has 0 radical (unpaired) electrons. The topological polar surface area (TPSA) is 155 Å². The molecule has 5 amide bonds. The van der Waals surface area contributed by atoms with E-state index in [0.29, 0.717) is 47.0 Å². The lowest BCUT2D eigenvalue weighted by Gasteiger charge is -2.36. The lowest BCUT2D eigenvalue weighted by Crippen LogP contribution is -2.54. The molecule has 1 saturated carbocycles. The Balaban J connectivity index is 0.802. The van der Waals surface area contributed by atoms with Gasteiger partial charge in [-0.15, -0.1) is 0 Å². The van der Waals surface area contributed by atoms with Crippen LogP contribution >= 0.6 is 11.6 Å². The number of benzene rings is 3. The summed E-state index contributed by atoms with van der Waals surface area (Å²) in [6.45, 7) is 4.45. The van der Waals surface area contributed by atoms with Gasteiger partial charge in [-0.1, -0.05) is 11.6 Å². The van der Waals surface area contributed by atoms with Crippen molar-refractivity contribution in [2.75, 3.05) is 49.6 Å². The van der Waals surface area contributed by atoms with Gasteiger partial charge in [0.2, 0.25) is 11.8 Å². The molecular weight excluding hydrogens is 746 g/mol. The lowest BCUT2D eigenvalue weighted by molar-refractivity contribution is -0.136. The average Bonchev–Trinajstić information content (AvgIpc) is 3.32. The molecule has 2 N–H and O–H groups in total. The van der Waals surface area contributed by atoms with Crippen molar-refractivity contribution >= 4 is 52.5 Å². The second kappa shape index (κ2) is 16.2. The van der Waals surface area contributed by atoms with Crippen molar-refractivity contribution in [3.63, 3.8) is 0 Å². The smallest absolute Gasteiger partial charge is 0.262 e.